The van der Waals surface area contributed by atoms with Crippen molar-refractivity contribution in [3.63, 3.8) is 0 Å². The molecule has 1 aliphatic heterocycles. The van der Waals surface area contributed by atoms with E-state index in [0.29, 0.717) is 6.04 Å². The van der Waals surface area contributed by atoms with E-state index in [-0.39, 0.29) is 6.04 Å². The first-order chi connectivity index (χ1) is 10.1. The van der Waals surface area contributed by atoms with E-state index in [1.165, 1.54) is 12.1 Å². The topological polar surface area (TPSA) is 35.7 Å². The summed E-state index contributed by atoms with van der Waals surface area (Å²) in [5.41, 5.74) is 7.68. The molecule has 0 saturated carbocycles. The Morgan fingerprint density at radius 2 is 1.71 bits per heavy atom. The molecule has 0 aliphatic carbocycles. The lowest BCUT2D eigenvalue weighted by Crippen LogP contribution is -2.52. The van der Waals surface area contributed by atoms with Gasteiger partial charge in [-0.15, -0.1) is 0 Å². The van der Waals surface area contributed by atoms with Crippen molar-refractivity contribution in [2.45, 2.75) is 19.0 Å². The lowest BCUT2D eigenvalue weighted by molar-refractivity contribution is 0.0878. The SMILES string of the molecule is CC(C(N)c1ccccc1)N1CCN(CCN(C)C)CC1. The van der Waals surface area contributed by atoms with Crippen LogP contribution in [0.25, 0.3) is 0 Å². The number of nitrogens with zero attached hydrogens (tertiary/aromatic N) is 3. The number of hydrogen-bond donors (Lipinski definition) is 1. The zero-order valence-electron chi connectivity index (χ0n) is 13.7. The molecule has 2 N–H and O–H groups in total. The standard InChI is InChI=1S/C17H30N4/c1-15(17(18)16-7-5-4-6-8-16)21-13-11-20(12-14-21)10-9-19(2)3/h4-8,15,17H,9-14,18H2,1-3H3. The van der Waals surface area contributed by atoms with Gasteiger partial charge >= 0.3 is 0 Å². The molecule has 1 fully saturated rings. The van der Waals surface area contributed by atoms with Crippen molar-refractivity contribution >= 4 is 0 Å². The van der Waals surface area contributed by atoms with Crippen LogP contribution in [0.5, 0.6) is 0 Å². The van der Waals surface area contributed by atoms with Gasteiger partial charge in [-0.25, -0.2) is 0 Å². The number of hydrogen-bond acceptors (Lipinski definition) is 4. The van der Waals surface area contributed by atoms with Crippen LogP contribution in [-0.2, 0) is 0 Å². The monoisotopic (exact) mass is 290 g/mol. The smallest absolute Gasteiger partial charge is 0.0450 e. The molecule has 1 aromatic carbocycles. The first-order valence-corrected chi connectivity index (χ1v) is 7.99. The highest BCUT2D eigenvalue weighted by molar-refractivity contribution is 5.20. The van der Waals surface area contributed by atoms with Gasteiger partial charge in [-0.2, -0.15) is 0 Å². The van der Waals surface area contributed by atoms with Crippen LogP contribution >= 0.6 is 0 Å². The highest BCUT2D eigenvalue weighted by atomic mass is 15.3. The fraction of sp³-hybridized carbons (Fsp3) is 0.647. The average molecular weight is 290 g/mol. The Morgan fingerprint density at radius 1 is 1.10 bits per heavy atom. The third-order valence-electron chi connectivity index (χ3n) is 4.55. The van der Waals surface area contributed by atoms with E-state index in [1.54, 1.807) is 0 Å². The van der Waals surface area contributed by atoms with Gasteiger partial charge in [-0.1, -0.05) is 30.3 Å². The molecule has 4 heteroatoms. The molecule has 2 atom stereocenters. The quantitative estimate of drug-likeness (QED) is 0.855. The molecule has 0 aromatic heterocycles. The van der Waals surface area contributed by atoms with Crippen molar-refractivity contribution in [2.24, 2.45) is 5.73 Å². The van der Waals surface area contributed by atoms with Crippen LogP contribution in [0.15, 0.2) is 30.3 Å². The van der Waals surface area contributed by atoms with E-state index >= 15 is 0 Å². The van der Waals surface area contributed by atoms with Gasteiger partial charge in [0.05, 0.1) is 0 Å². The maximum atomic E-state index is 6.44. The van der Waals surface area contributed by atoms with Crippen LogP contribution in [0, 0.1) is 0 Å². The van der Waals surface area contributed by atoms with Crippen LogP contribution in [-0.4, -0.2) is 74.1 Å². The molecule has 0 radical (unpaired) electrons. The zero-order chi connectivity index (χ0) is 15.2. The fourth-order valence-electron chi connectivity index (χ4n) is 2.92. The van der Waals surface area contributed by atoms with Gasteiger partial charge < -0.3 is 10.6 Å². The largest absolute Gasteiger partial charge is 0.323 e. The minimum absolute atomic E-state index is 0.0968. The van der Waals surface area contributed by atoms with Crippen LogP contribution in [0.4, 0.5) is 0 Å². The first kappa shape index (κ1) is 16.4. The van der Waals surface area contributed by atoms with Crippen molar-refractivity contribution in [2.75, 3.05) is 53.4 Å². The minimum Gasteiger partial charge on any atom is -0.323 e. The van der Waals surface area contributed by atoms with Crippen molar-refractivity contribution in [1.29, 1.82) is 0 Å². The summed E-state index contributed by atoms with van der Waals surface area (Å²) in [5, 5.41) is 0. The van der Waals surface area contributed by atoms with Gasteiger partial charge in [-0.3, -0.25) is 9.80 Å². The van der Waals surface area contributed by atoms with E-state index in [0.717, 1.165) is 32.7 Å². The Labute approximate surface area is 129 Å². The normalized spacial score (nSPS) is 20.6. The summed E-state index contributed by atoms with van der Waals surface area (Å²) in [7, 11) is 4.27. The molecule has 0 spiro atoms. The van der Waals surface area contributed by atoms with Gasteiger partial charge in [0, 0.05) is 51.4 Å². The summed E-state index contributed by atoms with van der Waals surface area (Å²) in [6.07, 6.45) is 0. The third kappa shape index (κ3) is 4.78. The summed E-state index contributed by atoms with van der Waals surface area (Å²) in [6, 6.07) is 10.9. The number of nitrogens with two attached hydrogens (primary N) is 1. The summed E-state index contributed by atoms with van der Waals surface area (Å²) >= 11 is 0. The van der Waals surface area contributed by atoms with Crippen molar-refractivity contribution in [1.82, 2.24) is 14.7 Å². The van der Waals surface area contributed by atoms with Crippen molar-refractivity contribution < 1.29 is 0 Å². The van der Waals surface area contributed by atoms with Gasteiger partial charge in [0.25, 0.3) is 0 Å². The molecule has 1 aliphatic rings. The van der Waals surface area contributed by atoms with E-state index < -0.39 is 0 Å². The summed E-state index contributed by atoms with van der Waals surface area (Å²) in [5.74, 6) is 0. The van der Waals surface area contributed by atoms with Crippen molar-refractivity contribution in [3.05, 3.63) is 35.9 Å². The summed E-state index contributed by atoms with van der Waals surface area (Å²) < 4.78 is 0. The lowest BCUT2D eigenvalue weighted by atomic mass is 10.00. The van der Waals surface area contributed by atoms with E-state index in [9.17, 15) is 0 Å². The third-order valence-corrected chi connectivity index (χ3v) is 4.55. The number of piperazine rings is 1. The minimum atomic E-state index is 0.0968. The molecular formula is C17H30N4. The highest BCUT2D eigenvalue weighted by Crippen LogP contribution is 2.19. The Hall–Kier alpha value is -0.940. The summed E-state index contributed by atoms with van der Waals surface area (Å²) in [4.78, 5) is 7.33. The number of likely N-dealkylation sites (N-methyl/N-ethyl adjacent to an activating group) is 1. The molecule has 2 rings (SSSR count). The molecular weight excluding hydrogens is 260 g/mol. The number of benzene rings is 1. The molecule has 1 saturated heterocycles. The van der Waals surface area contributed by atoms with Crippen molar-refractivity contribution in [3.8, 4) is 0 Å². The van der Waals surface area contributed by atoms with Crippen LogP contribution in [0.2, 0.25) is 0 Å². The molecule has 0 amide bonds. The van der Waals surface area contributed by atoms with E-state index in [1.807, 2.05) is 6.07 Å². The molecule has 21 heavy (non-hydrogen) atoms. The van der Waals surface area contributed by atoms with Gasteiger partial charge in [-0.05, 0) is 26.6 Å². The van der Waals surface area contributed by atoms with Gasteiger partial charge in [0.15, 0.2) is 0 Å². The van der Waals surface area contributed by atoms with Crippen LogP contribution < -0.4 is 5.73 Å². The summed E-state index contributed by atoms with van der Waals surface area (Å²) in [6.45, 7) is 9.11. The zero-order valence-corrected chi connectivity index (χ0v) is 13.7. The Morgan fingerprint density at radius 3 is 2.29 bits per heavy atom. The molecule has 2 unspecified atom stereocenters. The lowest BCUT2D eigenvalue weighted by Gasteiger charge is -2.40. The maximum absolute atomic E-state index is 6.44. The second-order valence-corrected chi connectivity index (χ2v) is 6.36. The molecule has 118 valence electrons. The Balaban J connectivity index is 1.81. The predicted octanol–water partition coefficient (Wildman–Crippen LogP) is 1.25. The molecule has 0 bridgehead atoms. The van der Waals surface area contributed by atoms with Gasteiger partial charge in [0.1, 0.15) is 0 Å². The molecule has 1 heterocycles. The maximum Gasteiger partial charge on any atom is 0.0450 e. The highest BCUT2D eigenvalue weighted by Gasteiger charge is 2.25. The van der Waals surface area contributed by atoms with Crippen LogP contribution in [0.3, 0.4) is 0 Å². The predicted molar refractivity (Wildman–Crippen MR) is 89.4 cm³/mol. The fourth-order valence-corrected chi connectivity index (χ4v) is 2.92. The molecule has 1 aromatic rings. The average Bonchev–Trinajstić information content (AvgIpc) is 2.53. The Kier molecular flexibility index (Phi) is 6.18. The van der Waals surface area contributed by atoms with E-state index in [4.69, 9.17) is 5.73 Å². The van der Waals surface area contributed by atoms with E-state index in [2.05, 4.69) is 60.0 Å². The van der Waals surface area contributed by atoms with Gasteiger partial charge in [0.2, 0.25) is 0 Å². The number of rotatable bonds is 6. The first-order valence-electron chi connectivity index (χ1n) is 7.99. The molecule has 4 nitrogen and oxygen atoms in total. The second kappa shape index (κ2) is 7.90. The second-order valence-electron chi connectivity index (χ2n) is 6.36. The Bertz CT molecular complexity index is 399. The van der Waals surface area contributed by atoms with Crippen LogP contribution in [0.1, 0.15) is 18.5 Å².